The van der Waals surface area contributed by atoms with Crippen LogP contribution in [0.5, 0.6) is 0 Å². The monoisotopic (exact) mass is 485 g/mol. The molecule has 0 radical (unpaired) electrons. The molecule has 10 heteroatoms. The molecule has 1 saturated heterocycles. The number of carbonyl (C=O) groups excluding carboxylic acids is 3. The molecule has 3 rings (SSSR count). The second kappa shape index (κ2) is 9.40. The van der Waals surface area contributed by atoms with Gasteiger partial charge in [-0.1, -0.05) is 27.5 Å². The van der Waals surface area contributed by atoms with Crippen LogP contribution in [0.2, 0.25) is 4.34 Å². The van der Waals surface area contributed by atoms with E-state index in [0.717, 1.165) is 0 Å². The van der Waals surface area contributed by atoms with E-state index in [1.165, 1.54) is 16.2 Å². The van der Waals surface area contributed by atoms with Crippen LogP contribution in [0.25, 0.3) is 0 Å². The minimum Gasteiger partial charge on any atom is -0.442 e. The summed E-state index contributed by atoms with van der Waals surface area (Å²) in [4.78, 5) is 37.8. The standard InChI is InChI=1S/C18H17BrClN3O4S/c19-8-7-16(24)22-11-1-3-12(4-2-11)23-10-13(27-18(23)26)9-21-17(25)14-5-6-15(20)28-14/h1-6,13H,7-10H2,(H,21,25)(H,22,24)/t13-/m0/s1. The highest BCUT2D eigenvalue weighted by Gasteiger charge is 2.32. The first-order valence-electron chi connectivity index (χ1n) is 8.44. The topological polar surface area (TPSA) is 87.7 Å². The van der Waals surface area contributed by atoms with E-state index in [1.54, 1.807) is 36.4 Å². The van der Waals surface area contributed by atoms with Gasteiger partial charge in [0.25, 0.3) is 5.91 Å². The highest BCUT2D eigenvalue weighted by atomic mass is 79.9. The summed E-state index contributed by atoms with van der Waals surface area (Å²) in [6, 6.07) is 10.2. The lowest BCUT2D eigenvalue weighted by molar-refractivity contribution is -0.115. The van der Waals surface area contributed by atoms with Crippen molar-refractivity contribution in [1.82, 2.24) is 5.32 Å². The highest BCUT2D eigenvalue weighted by Crippen LogP contribution is 2.24. The zero-order valence-corrected chi connectivity index (χ0v) is 17.8. The highest BCUT2D eigenvalue weighted by molar-refractivity contribution is 9.09. The third-order valence-corrected chi connectivity index (χ3v) is 5.57. The van der Waals surface area contributed by atoms with Crippen molar-refractivity contribution in [2.45, 2.75) is 12.5 Å². The van der Waals surface area contributed by atoms with Gasteiger partial charge in [0.1, 0.15) is 6.10 Å². The molecule has 3 amide bonds. The molecule has 1 fully saturated rings. The Kier molecular flexibility index (Phi) is 6.93. The van der Waals surface area contributed by atoms with E-state index in [1.807, 2.05) is 0 Å². The Morgan fingerprint density at radius 2 is 2.00 bits per heavy atom. The summed E-state index contributed by atoms with van der Waals surface area (Å²) < 4.78 is 5.86. The minimum atomic E-state index is -0.477. The van der Waals surface area contributed by atoms with E-state index in [0.29, 0.717) is 38.9 Å². The first-order valence-corrected chi connectivity index (χ1v) is 10.8. The Balaban J connectivity index is 1.54. The van der Waals surface area contributed by atoms with E-state index in [4.69, 9.17) is 16.3 Å². The van der Waals surface area contributed by atoms with Crippen LogP contribution in [0.1, 0.15) is 16.1 Å². The van der Waals surface area contributed by atoms with Gasteiger partial charge in [0, 0.05) is 23.1 Å². The number of benzene rings is 1. The zero-order valence-electron chi connectivity index (χ0n) is 14.6. The third kappa shape index (κ3) is 5.24. The number of ether oxygens (including phenoxy) is 1. The molecule has 7 nitrogen and oxygen atoms in total. The number of hydrogen-bond acceptors (Lipinski definition) is 5. The molecule has 1 aliphatic heterocycles. The quantitative estimate of drug-likeness (QED) is 0.582. The fourth-order valence-electron chi connectivity index (χ4n) is 2.60. The van der Waals surface area contributed by atoms with Crippen LogP contribution in [0.15, 0.2) is 36.4 Å². The molecule has 0 bridgehead atoms. The van der Waals surface area contributed by atoms with Crippen LogP contribution < -0.4 is 15.5 Å². The second-order valence-electron chi connectivity index (χ2n) is 5.96. The van der Waals surface area contributed by atoms with Crippen molar-refractivity contribution in [2.24, 2.45) is 0 Å². The van der Waals surface area contributed by atoms with E-state index in [9.17, 15) is 14.4 Å². The molecule has 0 spiro atoms. The number of rotatable bonds is 7. The normalized spacial score (nSPS) is 16.0. The smallest absolute Gasteiger partial charge is 0.414 e. The Morgan fingerprint density at radius 3 is 2.64 bits per heavy atom. The average molecular weight is 487 g/mol. The maximum atomic E-state index is 12.2. The number of hydrogen-bond donors (Lipinski definition) is 2. The van der Waals surface area contributed by atoms with Crippen LogP contribution in [-0.2, 0) is 9.53 Å². The summed E-state index contributed by atoms with van der Waals surface area (Å²) in [5.41, 5.74) is 1.31. The number of nitrogens with zero attached hydrogens (tertiary/aromatic N) is 1. The summed E-state index contributed by atoms with van der Waals surface area (Å²) in [5, 5.41) is 6.11. The zero-order chi connectivity index (χ0) is 20.1. The maximum Gasteiger partial charge on any atom is 0.414 e. The molecule has 1 aliphatic rings. The fraction of sp³-hybridized carbons (Fsp3) is 0.278. The van der Waals surface area contributed by atoms with Gasteiger partial charge in [-0.3, -0.25) is 14.5 Å². The van der Waals surface area contributed by atoms with Crippen molar-refractivity contribution in [2.75, 3.05) is 28.6 Å². The van der Waals surface area contributed by atoms with Gasteiger partial charge in [0.2, 0.25) is 5.91 Å². The molecule has 0 unspecified atom stereocenters. The van der Waals surface area contributed by atoms with Crippen molar-refractivity contribution in [1.29, 1.82) is 0 Å². The van der Waals surface area contributed by atoms with Gasteiger partial charge in [-0.15, -0.1) is 11.3 Å². The Labute approximate surface area is 179 Å². The molecule has 2 heterocycles. The number of nitrogens with one attached hydrogen (secondary N) is 2. The number of halogens is 2. The summed E-state index contributed by atoms with van der Waals surface area (Å²) in [6.45, 7) is 0.525. The van der Waals surface area contributed by atoms with Crippen LogP contribution in [-0.4, -0.2) is 42.4 Å². The average Bonchev–Trinajstić information content (AvgIpc) is 3.26. The Morgan fingerprint density at radius 1 is 1.25 bits per heavy atom. The van der Waals surface area contributed by atoms with E-state index in [2.05, 4.69) is 26.6 Å². The van der Waals surface area contributed by atoms with E-state index >= 15 is 0 Å². The maximum absolute atomic E-state index is 12.2. The van der Waals surface area contributed by atoms with Crippen LogP contribution in [0.3, 0.4) is 0 Å². The van der Waals surface area contributed by atoms with Gasteiger partial charge in [0.05, 0.1) is 22.3 Å². The first-order chi connectivity index (χ1) is 13.5. The molecule has 1 aromatic heterocycles. The Bertz CT molecular complexity index is 874. The van der Waals surface area contributed by atoms with Crippen LogP contribution in [0, 0.1) is 0 Å². The number of thiophene rings is 1. The number of anilines is 2. The lowest BCUT2D eigenvalue weighted by Crippen LogP contribution is -2.34. The van der Waals surface area contributed by atoms with Gasteiger partial charge in [-0.2, -0.15) is 0 Å². The molecule has 28 heavy (non-hydrogen) atoms. The van der Waals surface area contributed by atoms with Crippen molar-refractivity contribution < 1.29 is 19.1 Å². The molecule has 148 valence electrons. The number of alkyl halides is 1. The molecule has 0 aliphatic carbocycles. The van der Waals surface area contributed by atoms with Crippen molar-refractivity contribution >= 4 is 68.2 Å². The van der Waals surface area contributed by atoms with E-state index in [-0.39, 0.29) is 18.4 Å². The lowest BCUT2D eigenvalue weighted by Gasteiger charge is -2.14. The SMILES string of the molecule is O=C(CCBr)Nc1ccc(N2C[C@H](CNC(=O)c3ccc(Cl)s3)OC2=O)cc1. The van der Waals surface area contributed by atoms with E-state index < -0.39 is 12.2 Å². The molecular weight excluding hydrogens is 470 g/mol. The van der Waals surface area contributed by atoms with Crippen LogP contribution in [0.4, 0.5) is 16.2 Å². The number of carbonyl (C=O) groups is 3. The summed E-state index contributed by atoms with van der Waals surface area (Å²) in [5.74, 6) is -0.344. The van der Waals surface area contributed by atoms with Crippen molar-refractivity contribution in [3.05, 3.63) is 45.6 Å². The van der Waals surface area contributed by atoms with Crippen molar-refractivity contribution in [3.63, 3.8) is 0 Å². The second-order valence-corrected chi connectivity index (χ2v) is 8.47. The molecule has 2 N–H and O–H groups in total. The summed E-state index contributed by atoms with van der Waals surface area (Å²) in [6.07, 6.45) is -0.551. The molecule has 1 aromatic carbocycles. The van der Waals surface area contributed by atoms with Gasteiger partial charge in [-0.25, -0.2) is 4.79 Å². The van der Waals surface area contributed by atoms with Gasteiger partial charge in [0.15, 0.2) is 0 Å². The third-order valence-electron chi connectivity index (χ3n) is 3.95. The largest absolute Gasteiger partial charge is 0.442 e. The van der Waals surface area contributed by atoms with Gasteiger partial charge < -0.3 is 15.4 Å². The molecule has 1 atom stereocenters. The summed E-state index contributed by atoms with van der Waals surface area (Å²) >= 11 is 10.2. The lowest BCUT2D eigenvalue weighted by atomic mass is 10.2. The molecule has 2 aromatic rings. The van der Waals surface area contributed by atoms with Gasteiger partial charge >= 0.3 is 6.09 Å². The predicted molar refractivity (Wildman–Crippen MR) is 113 cm³/mol. The minimum absolute atomic E-state index is 0.0898. The molecule has 0 saturated carbocycles. The number of amides is 3. The van der Waals surface area contributed by atoms with Gasteiger partial charge in [-0.05, 0) is 36.4 Å². The molecular formula is C18H17BrClN3O4S. The van der Waals surface area contributed by atoms with Crippen LogP contribution >= 0.6 is 38.9 Å². The summed E-state index contributed by atoms with van der Waals surface area (Å²) in [7, 11) is 0. The fourth-order valence-corrected chi connectivity index (χ4v) is 3.92. The predicted octanol–water partition coefficient (Wildman–Crippen LogP) is 3.88. The number of cyclic esters (lactones) is 1. The van der Waals surface area contributed by atoms with Crippen molar-refractivity contribution in [3.8, 4) is 0 Å². The first kappa shape index (κ1) is 20.6. The Hall–Kier alpha value is -2.10.